The third-order valence-electron chi connectivity index (χ3n) is 6.70. The Morgan fingerprint density at radius 1 is 1.05 bits per heavy atom. The first-order valence-corrected chi connectivity index (χ1v) is 13.0. The fraction of sp³-hybridized carbons (Fsp3) is 0.200. The lowest BCUT2D eigenvalue weighted by Gasteiger charge is -2.28. The minimum Gasteiger partial charge on any atom is -0.504 e. The van der Waals surface area contributed by atoms with Crippen molar-refractivity contribution in [2.45, 2.75) is 33.4 Å². The largest absolute Gasteiger partial charge is 0.504 e. The maximum absolute atomic E-state index is 13.9. The van der Waals surface area contributed by atoms with Crippen molar-refractivity contribution in [3.05, 3.63) is 104 Å². The zero-order chi connectivity index (χ0) is 27.1. The molecular weight excluding hydrogens is 550 g/mol. The number of phenols is 1. The number of aryl methyl sites for hydroxylation is 2. The number of hydrogen-bond acceptors (Lipinski definition) is 6. The maximum atomic E-state index is 13.9. The van der Waals surface area contributed by atoms with Gasteiger partial charge in [0.2, 0.25) is 5.78 Å². The van der Waals surface area contributed by atoms with Gasteiger partial charge in [-0.3, -0.25) is 9.59 Å². The van der Waals surface area contributed by atoms with Crippen LogP contribution in [0.5, 0.6) is 11.5 Å². The summed E-state index contributed by atoms with van der Waals surface area (Å²) in [4.78, 5) is 28.8. The smallest absolute Gasteiger partial charge is 0.290 e. The van der Waals surface area contributed by atoms with E-state index in [2.05, 4.69) is 15.9 Å². The van der Waals surface area contributed by atoms with E-state index in [4.69, 9.17) is 9.15 Å². The van der Waals surface area contributed by atoms with Gasteiger partial charge in [0, 0.05) is 16.4 Å². The summed E-state index contributed by atoms with van der Waals surface area (Å²) >= 11 is 3.42. The highest BCUT2D eigenvalue weighted by molar-refractivity contribution is 9.10. The summed E-state index contributed by atoms with van der Waals surface area (Å²) in [6, 6.07) is 16.6. The number of carbonyl (C=O) groups excluding carboxylic acids is 2. The summed E-state index contributed by atoms with van der Waals surface area (Å²) in [6.45, 7) is 6.18. The summed E-state index contributed by atoms with van der Waals surface area (Å²) < 4.78 is 12.2. The third-order valence-corrected chi connectivity index (χ3v) is 7.19. The Balaban J connectivity index is 1.64. The Morgan fingerprint density at radius 2 is 1.84 bits per heavy atom. The van der Waals surface area contributed by atoms with Crippen molar-refractivity contribution >= 4 is 38.6 Å². The molecular formula is C30H26BrNO6. The van der Waals surface area contributed by atoms with Gasteiger partial charge in [-0.15, -0.1) is 0 Å². The number of amides is 1. The Morgan fingerprint density at radius 3 is 2.61 bits per heavy atom. The number of halogens is 1. The van der Waals surface area contributed by atoms with Crippen LogP contribution in [0.4, 0.5) is 0 Å². The molecule has 1 aromatic heterocycles. The lowest BCUT2D eigenvalue weighted by molar-refractivity contribution is -0.130. The van der Waals surface area contributed by atoms with Crippen molar-refractivity contribution in [1.82, 2.24) is 4.90 Å². The lowest BCUT2D eigenvalue weighted by Crippen LogP contribution is -2.31. The minimum atomic E-state index is -0.935. The van der Waals surface area contributed by atoms with Crippen LogP contribution >= 0.6 is 15.9 Å². The van der Waals surface area contributed by atoms with E-state index in [1.165, 1.54) is 11.0 Å². The van der Waals surface area contributed by atoms with Gasteiger partial charge in [-0.05, 0) is 73.9 Å². The first-order chi connectivity index (χ1) is 18.2. The predicted octanol–water partition coefficient (Wildman–Crippen LogP) is 6.69. The molecule has 3 aromatic carbocycles. The number of furan rings is 1. The second-order valence-corrected chi connectivity index (χ2v) is 10.2. The monoisotopic (exact) mass is 575 g/mol. The van der Waals surface area contributed by atoms with Gasteiger partial charge in [0.15, 0.2) is 23.0 Å². The molecule has 1 atom stereocenters. The van der Waals surface area contributed by atoms with Gasteiger partial charge in [0.05, 0.1) is 18.2 Å². The molecule has 0 aliphatic carbocycles. The Kier molecular flexibility index (Phi) is 6.75. The van der Waals surface area contributed by atoms with Crippen molar-refractivity contribution in [1.29, 1.82) is 0 Å². The second kappa shape index (κ2) is 10.0. The molecule has 0 spiro atoms. The van der Waals surface area contributed by atoms with E-state index >= 15 is 0 Å². The van der Waals surface area contributed by atoms with Crippen LogP contribution in [-0.4, -0.2) is 33.4 Å². The maximum Gasteiger partial charge on any atom is 0.290 e. The zero-order valence-corrected chi connectivity index (χ0v) is 22.7. The van der Waals surface area contributed by atoms with Crippen LogP contribution in [-0.2, 0) is 11.3 Å². The number of rotatable bonds is 7. The van der Waals surface area contributed by atoms with E-state index < -0.39 is 23.5 Å². The van der Waals surface area contributed by atoms with E-state index in [9.17, 15) is 19.8 Å². The van der Waals surface area contributed by atoms with E-state index in [0.717, 1.165) is 21.2 Å². The van der Waals surface area contributed by atoms with Gasteiger partial charge in [0.1, 0.15) is 5.58 Å². The average molecular weight is 576 g/mol. The van der Waals surface area contributed by atoms with Gasteiger partial charge in [-0.1, -0.05) is 45.8 Å². The molecule has 38 heavy (non-hydrogen) atoms. The average Bonchev–Trinajstić information content (AvgIpc) is 3.41. The van der Waals surface area contributed by atoms with Crippen molar-refractivity contribution in [3.8, 4) is 11.5 Å². The van der Waals surface area contributed by atoms with Crippen molar-refractivity contribution < 1.29 is 29.0 Å². The molecule has 0 fully saturated rings. The molecule has 1 unspecified atom stereocenters. The first kappa shape index (κ1) is 25.6. The minimum absolute atomic E-state index is 0.00912. The topological polar surface area (TPSA) is 100 Å². The Hall–Kier alpha value is -4.04. The molecule has 1 amide bonds. The Bertz CT molecular complexity index is 1620. The number of nitrogens with zero attached hydrogens (tertiary/aromatic N) is 1. The zero-order valence-electron chi connectivity index (χ0n) is 21.1. The number of ether oxygens (including phenoxy) is 1. The van der Waals surface area contributed by atoms with Crippen LogP contribution in [0.15, 0.2) is 80.9 Å². The number of aliphatic hydroxyl groups excluding tert-OH is 1. The number of aromatic hydroxyl groups is 1. The van der Waals surface area contributed by atoms with E-state index in [1.807, 2.05) is 38.1 Å². The molecule has 2 N–H and O–H groups in total. The number of fused-ring (bicyclic) bond motifs is 1. The van der Waals surface area contributed by atoms with Crippen LogP contribution in [0.3, 0.4) is 0 Å². The van der Waals surface area contributed by atoms with Crippen LogP contribution in [0.25, 0.3) is 11.0 Å². The van der Waals surface area contributed by atoms with Crippen LogP contribution in [0.1, 0.15) is 45.8 Å². The predicted molar refractivity (Wildman–Crippen MR) is 146 cm³/mol. The van der Waals surface area contributed by atoms with Crippen LogP contribution in [0, 0.1) is 13.8 Å². The van der Waals surface area contributed by atoms with Crippen molar-refractivity contribution in [2.24, 2.45) is 0 Å². The molecule has 2 heterocycles. The standard InChI is InChI=1S/C30H26BrNO6/c1-4-37-24-13-18(7-9-22(24)33)27-26(28(34)25-14-19-12-21(31)8-10-23(19)38-25)29(35)30(36)32(27)15-20-11-16(2)5-6-17(20)3/h5-14,27,33,35H,4,15H2,1-3H3. The molecule has 7 nitrogen and oxygen atoms in total. The van der Waals surface area contributed by atoms with Gasteiger partial charge < -0.3 is 24.3 Å². The van der Waals surface area contributed by atoms with Gasteiger partial charge >= 0.3 is 0 Å². The summed E-state index contributed by atoms with van der Waals surface area (Å²) in [5.74, 6) is -1.72. The molecule has 4 aromatic rings. The van der Waals surface area contributed by atoms with Crippen molar-refractivity contribution in [2.75, 3.05) is 6.61 Å². The highest BCUT2D eigenvalue weighted by Crippen LogP contribution is 2.43. The molecule has 0 radical (unpaired) electrons. The van der Waals surface area contributed by atoms with E-state index in [0.29, 0.717) is 23.1 Å². The summed E-state index contributed by atoms with van der Waals surface area (Å²) in [5, 5.41) is 22.1. The normalized spacial score (nSPS) is 15.5. The number of phenolic OH excluding ortho intramolecular Hbond substituents is 1. The first-order valence-electron chi connectivity index (χ1n) is 12.2. The number of carbonyl (C=O) groups is 2. The number of ketones is 1. The van der Waals surface area contributed by atoms with Crippen LogP contribution in [0.2, 0.25) is 0 Å². The van der Waals surface area contributed by atoms with E-state index in [1.54, 1.807) is 37.3 Å². The van der Waals surface area contributed by atoms with Crippen LogP contribution < -0.4 is 4.74 Å². The van der Waals surface area contributed by atoms with E-state index in [-0.39, 0.29) is 29.4 Å². The lowest BCUT2D eigenvalue weighted by atomic mass is 9.94. The fourth-order valence-corrected chi connectivity index (χ4v) is 5.16. The fourth-order valence-electron chi connectivity index (χ4n) is 4.78. The summed E-state index contributed by atoms with van der Waals surface area (Å²) in [7, 11) is 0. The molecule has 0 bridgehead atoms. The third kappa shape index (κ3) is 4.56. The molecule has 1 aliphatic heterocycles. The second-order valence-electron chi connectivity index (χ2n) is 9.31. The molecule has 194 valence electrons. The molecule has 5 rings (SSSR count). The number of hydrogen-bond donors (Lipinski definition) is 2. The molecule has 0 saturated heterocycles. The van der Waals surface area contributed by atoms with Gasteiger partial charge in [-0.2, -0.15) is 0 Å². The highest BCUT2D eigenvalue weighted by Gasteiger charge is 2.45. The van der Waals surface area contributed by atoms with Gasteiger partial charge in [0.25, 0.3) is 5.91 Å². The summed E-state index contributed by atoms with van der Waals surface area (Å²) in [5.41, 5.74) is 3.82. The molecule has 8 heteroatoms. The highest BCUT2D eigenvalue weighted by atomic mass is 79.9. The number of aliphatic hydroxyl groups is 1. The SMILES string of the molecule is CCOc1cc(C2C(C(=O)c3cc4cc(Br)ccc4o3)=C(O)C(=O)N2Cc2cc(C)ccc2C)ccc1O. The van der Waals surface area contributed by atoms with Crippen molar-refractivity contribution in [3.63, 3.8) is 0 Å². The van der Waals surface area contributed by atoms with Gasteiger partial charge in [-0.25, -0.2) is 0 Å². The Labute approximate surface area is 228 Å². The molecule has 0 saturated carbocycles. The number of Topliss-reactive ketones (excluding diaryl/α,β-unsaturated/α-hetero) is 1. The number of benzene rings is 3. The molecule has 1 aliphatic rings. The quantitative estimate of drug-likeness (QED) is 0.238. The summed E-state index contributed by atoms with van der Waals surface area (Å²) in [6.07, 6.45) is 0.